The van der Waals surface area contributed by atoms with Crippen molar-refractivity contribution in [1.29, 1.82) is 0 Å². The average molecular weight is 545 g/mol. The van der Waals surface area contributed by atoms with E-state index in [4.69, 9.17) is 0 Å². The molecular formula is C35H60O4. The minimum Gasteiger partial charge on any atom is -0.395 e. The Morgan fingerprint density at radius 3 is 1.08 bits per heavy atom. The Labute approximate surface area is 240 Å². The van der Waals surface area contributed by atoms with Gasteiger partial charge in [-0.25, -0.2) is 0 Å². The van der Waals surface area contributed by atoms with Crippen LogP contribution in [0.5, 0.6) is 0 Å². The number of hydrogen-bond donors (Lipinski definition) is 4. The van der Waals surface area contributed by atoms with E-state index in [2.05, 4.69) is 121 Å². The predicted molar refractivity (Wildman–Crippen MR) is 164 cm³/mol. The van der Waals surface area contributed by atoms with E-state index in [0.717, 1.165) is 22.3 Å². The first-order valence-corrected chi connectivity index (χ1v) is 14.7. The smallest absolute Gasteiger partial charge is 0.0966 e. The highest BCUT2D eigenvalue weighted by Gasteiger charge is 2.75. The Morgan fingerprint density at radius 2 is 0.872 bits per heavy atom. The van der Waals surface area contributed by atoms with Crippen molar-refractivity contribution < 1.29 is 20.4 Å². The molecule has 2 unspecified atom stereocenters. The molecule has 4 heteroatoms. The molecule has 0 amide bonds. The van der Waals surface area contributed by atoms with Crippen LogP contribution >= 0.6 is 0 Å². The molecule has 0 fully saturated rings. The summed E-state index contributed by atoms with van der Waals surface area (Å²) < 4.78 is 0. The second-order valence-corrected chi connectivity index (χ2v) is 16.9. The van der Waals surface area contributed by atoms with Gasteiger partial charge in [-0.3, -0.25) is 0 Å². The van der Waals surface area contributed by atoms with Crippen molar-refractivity contribution in [2.24, 2.45) is 37.9 Å². The van der Waals surface area contributed by atoms with Crippen molar-refractivity contribution in [3.8, 4) is 0 Å². The van der Waals surface area contributed by atoms with Crippen molar-refractivity contribution in [2.75, 3.05) is 19.8 Å². The summed E-state index contributed by atoms with van der Waals surface area (Å²) in [6.07, 6.45) is 10.1. The van der Waals surface area contributed by atoms with E-state index in [9.17, 15) is 20.4 Å². The lowest BCUT2D eigenvalue weighted by atomic mass is 9.35. The van der Waals surface area contributed by atoms with Gasteiger partial charge in [-0.1, -0.05) is 119 Å². The molecule has 0 spiro atoms. The molecule has 0 bridgehead atoms. The van der Waals surface area contributed by atoms with E-state index in [1.54, 1.807) is 0 Å². The molecule has 4 nitrogen and oxygen atoms in total. The van der Waals surface area contributed by atoms with Gasteiger partial charge < -0.3 is 20.4 Å². The molecule has 0 aliphatic heterocycles. The summed E-state index contributed by atoms with van der Waals surface area (Å²) in [6.45, 7) is 28.6. The van der Waals surface area contributed by atoms with Gasteiger partial charge in [0.15, 0.2) is 0 Å². The monoisotopic (exact) mass is 544 g/mol. The zero-order valence-corrected chi connectivity index (χ0v) is 27.6. The number of aliphatic hydroxyl groups is 4. The molecule has 4 N–H and O–H groups in total. The Bertz CT molecular complexity index is 958. The quantitative estimate of drug-likeness (QED) is 0.281. The normalized spacial score (nSPS) is 27.3. The summed E-state index contributed by atoms with van der Waals surface area (Å²) in [5.74, 6) is 0. The fourth-order valence-electron chi connectivity index (χ4n) is 7.45. The molecule has 2 atom stereocenters. The van der Waals surface area contributed by atoms with Gasteiger partial charge in [-0.15, -0.1) is 0 Å². The minimum atomic E-state index is -1.76. The molecule has 0 heterocycles. The van der Waals surface area contributed by atoms with Gasteiger partial charge >= 0.3 is 0 Å². The summed E-state index contributed by atoms with van der Waals surface area (Å²) in [6, 6.07) is 0. The van der Waals surface area contributed by atoms with E-state index in [0.29, 0.717) is 12.8 Å². The van der Waals surface area contributed by atoms with Crippen molar-refractivity contribution in [3.63, 3.8) is 0 Å². The molecule has 0 saturated heterocycles. The molecule has 0 aromatic carbocycles. The van der Waals surface area contributed by atoms with Crippen LogP contribution in [0.3, 0.4) is 0 Å². The summed E-state index contributed by atoms with van der Waals surface area (Å²) in [7, 11) is 0. The Hall–Kier alpha value is -1.20. The first kappa shape index (κ1) is 34.0. The topological polar surface area (TPSA) is 80.9 Å². The van der Waals surface area contributed by atoms with Gasteiger partial charge in [-0.05, 0) is 59.5 Å². The third kappa shape index (κ3) is 5.17. The van der Waals surface area contributed by atoms with Crippen molar-refractivity contribution >= 4 is 0 Å². The average Bonchev–Trinajstić information content (AvgIpc) is 2.76. The van der Waals surface area contributed by atoms with Crippen LogP contribution in [-0.2, 0) is 0 Å². The second kappa shape index (κ2) is 10.3. The fourth-order valence-corrected chi connectivity index (χ4v) is 7.45. The number of rotatable bonds is 6. The van der Waals surface area contributed by atoms with Crippen LogP contribution in [0.2, 0.25) is 0 Å². The van der Waals surface area contributed by atoms with Gasteiger partial charge in [0, 0.05) is 10.8 Å². The molecule has 224 valence electrons. The molecule has 0 aromatic rings. The van der Waals surface area contributed by atoms with E-state index < -0.39 is 52.5 Å². The minimum absolute atomic E-state index is 0.191. The van der Waals surface area contributed by atoms with Crippen LogP contribution in [0.1, 0.15) is 110 Å². The van der Waals surface area contributed by atoms with Gasteiger partial charge in [0.05, 0.1) is 30.8 Å². The Kier molecular flexibility index (Phi) is 8.95. The second-order valence-electron chi connectivity index (χ2n) is 16.9. The van der Waals surface area contributed by atoms with E-state index in [1.807, 2.05) is 0 Å². The van der Waals surface area contributed by atoms with Crippen LogP contribution in [0.4, 0.5) is 0 Å². The Morgan fingerprint density at radius 1 is 0.590 bits per heavy atom. The first-order chi connectivity index (χ1) is 17.3. The molecule has 2 aliphatic rings. The predicted octanol–water partition coefficient (Wildman–Crippen LogP) is 7.39. The van der Waals surface area contributed by atoms with E-state index >= 15 is 0 Å². The molecule has 39 heavy (non-hydrogen) atoms. The molecular weight excluding hydrogens is 484 g/mol. The van der Waals surface area contributed by atoms with Crippen LogP contribution in [0.15, 0.2) is 46.6 Å². The highest BCUT2D eigenvalue weighted by molar-refractivity contribution is 5.46. The molecule has 2 rings (SSSR count). The standard InChI is InChI=1S/C35H60O4/c1-24-15-26(28(3,4)5)19-33(17-24,30(9,10)11)35(39,32(21-36,22-37)23-38)34(31(12,13)14)18-25(2)16-27(20-34)29(6,7)8/h15-16,19-20,36-39H,17-18,21-23H2,1-14H3. The zero-order valence-electron chi connectivity index (χ0n) is 27.6. The molecule has 0 saturated carbocycles. The number of hydrogen-bond acceptors (Lipinski definition) is 4. The maximum Gasteiger partial charge on any atom is 0.0966 e. The molecule has 0 aromatic heterocycles. The zero-order chi connectivity index (χ0) is 30.7. The third-order valence-electron chi connectivity index (χ3n) is 10.1. The van der Waals surface area contributed by atoms with Gasteiger partial charge in [-0.2, -0.15) is 0 Å². The summed E-state index contributed by atoms with van der Waals surface area (Å²) in [5.41, 5.74) is -2.13. The van der Waals surface area contributed by atoms with Crippen molar-refractivity contribution in [2.45, 2.75) is 115 Å². The van der Waals surface area contributed by atoms with Crippen molar-refractivity contribution in [1.82, 2.24) is 0 Å². The van der Waals surface area contributed by atoms with Crippen LogP contribution in [0.25, 0.3) is 0 Å². The highest BCUT2D eigenvalue weighted by Crippen LogP contribution is 2.71. The summed E-state index contributed by atoms with van der Waals surface area (Å²) in [5, 5.41) is 47.6. The molecule has 0 radical (unpaired) electrons. The summed E-state index contributed by atoms with van der Waals surface area (Å²) in [4.78, 5) is 0. The van der Waals surface area contributed by atoms with Gasteiger partial charge in [0.25, 0.3) is 0 Å². The Balaban J connectivity index is 3.38. The fraction of sp³-hybridized carbons (Fsp3) is 0.771. The van der Waals surface area contributed by atoms with Gasteiger partial charge in [0.2, 0.25) is 0 Å². The maximum atomic E-state index is 14.1. The van der Waals surface area contributed by atoms with Crippen molar-refractivity contribution in [3.05, 3.63) is 46.6 Å². The SMILES string of the molecule is CC1=CC(C(C)(C)C)=CC(C(C)(C)C)(C(O)(C(CO)(CO)CO)C2(C(C)(C)C)C=C(C(C)(C)C)C=C(C)C2)C1. The number of allylic oxidation sites excluding steroid dienone is 6. The third-order valence-corrected chi connectivity index (χ3v) is 10.1. The largest absolute Gasteiger partial charge is 0.395 e. The van der Waals surface area contributed by atoms with E-state index in [-0.39, 0.29) is 10.8 Å². The summed E-state index contributed by atoms with van der Waals surface area (Å²) >= 11 is 0. The number of aliphatic hydroxyl groups excluding tert-OH is 3. The van der Waals surface area contributed by atoms with Crippen LogP contribution in [-0.4, -0.2) is 45.8 Å². The van der Waals surface area contributed by atoms with Crippen LogP contribution < -0.4 is 0 Å². The lowest BCUT2D eigenvalue weighted by Gasteiger charge is -2.70. The first-order valence-electron chi connectivity index (χ1n) is 14.7. The highest BCUT2D eigenvalue weighted by atomic mass is 16.3. The van der Waals surface area contributed by atoms with Gasteiger partial charge in [0.1, 0.15) is 0 Å². The molecule has 2 aliphatic carbocycles. The lowest BCUT2D eigenvalue weighted by Crippen LogP contribution is -2.76. The maximum absolute atomic E-state index is 14.1. The van der Waals surface area contributed by atoms with Crippen LogP contribution in [0, 0.1) is 37.9 Å². The van der Waals surface area contributed by atoms with E-state index in [1.165, 1.54) is 0 Å². The lowest BCUT2D eigenvalue weighted by molar-refractivity contribution is -0.293.